The van der Waals surface area contributed by atoms with Crippen LogP contribution in [0.1, 0.15) is 53.4 Å². The molecule has 4 amide bonds. The maximum atomic E-state index is 11.9. The first-order valence-electron chi connectivity index (χ1n) is 14.1. The fourth-order valence-corrected chi connectivity index (χ4v) is 3.46. The summed E-state index contributed by atoms with van der Waals surface area (Å²) in [5.41, 5.74) is -0.936. The zero-order chi connectivity index (χ0) is 30.2. The van der Waals surface area contributed by atoms with Crippen LogP contribution in [-0.2, 0) is 33.4 Å². The summed E-state index contributed by atoms with van der Waals surface area (Å²) in [6.45, 7) is 10.2. The van der Waals surface area contributed by atoms with Crippen LogP contribution in [0.25, 0.3) is 0 Å². The highest BCUT2D eigenvalue weighted by Crippen LogP contribution is 2.10. The number of carbonyl (C=O) groups excluding carboxylic acids is 4. The minimum atomic E-state index is -0.936. The number of carbonyl (C=O) groups is 4. The second-order valence-corrected chi connectivity index (χ2v) is 10.7. The molecule has 4 N–H and O–H groups in total. The molecule has 0 spiro atoms. The molecule has 13 heteroatoms. The summed E-state index contributed by atoms with van der Waals surface area (Å²) in [4.78, 5) is 47.1. The van der Waals surface area contributed by atoms with Crippen LogP contribution in [0.15, 0.2) is 0 Å². The normalized spacial score (nSPS) is 14.8. The Labute approximate surface area is 249 Å². The molecule has 3 atom stereocenters. The standard InChI is InChI=1S/C27H50Cl2N4O7/c1-5-21(2)24(35)30-9-6-12-38-17-27(33-20-34,18-39-13-7-10-31-25(36)22(3)15-28)19-40-14-8-11-32-26(37)23(4)16-29/h20-23H,5-19H2,1-4H3,(H,30,35)(H,31,36)(H,32,37)(H,33,34). The van der Waals surface area contributed by atoms with Gasteiger partial charge in [-0.15, -0.1) is 23.2 Å². The van der Waals surface area contributed by atoms with E-state index >= 15 is 0 Å². The molecule has 0 rings (SSSR count). The summed E-state index contributed by atoms with van der Waals surface area (Å²) < 4.78 is 17.5. The first-order valence-corrected chi connectivity index (χ1v) is 15.1. The van der Waals surface area contributed by atoms with Crippen LogP contribution in [0.3, 0.4) is 0 Å². The number of rotatable bonds is 26. The molecule has 0 bridgehead atoms. The number of alkyl halides is 2. The maximum absolute atomic E-state index is 11.9. The molecule has 3 unspecified atom stereocenters. The lowest BCUT2D eigenvalue weighted by atomic mass is 10.0. The number of hydrogen-bond donors (Lipinski definition) is 4. The van der Waals surface area contributed by atoms with Gasteiger partial charge in [0.25, 0.3) is 0 Å². The Morgan fingerprint density at radius 2 is 1.05 bits per heavy atom. The Bertz CT molecular complexity index is 635. The van der Waals surface area contributed by atoms with Crippen molar-refractivity contribution in [1.29, 1.82) is 0 Å². The Kier molecular flexibility index (Phi) is 23.0. The quantitative estimate of drug-likeness (QED) is 0.0662. The Morgan fingerprint density at radius 1 is 0.700 bits per heavy atom. The van der Waals surface area contributed by atoms with Crippen LogP contribution in [0.2, 0.25) is 0 Å². The molecule has 0 aliphatic rings. The van der Waals surface area contributed by atoms with Crippen LogP contribution in [-0.4, -0.2) is 101 Å². The molecule has 0 aromatic carbocycles. The van der Waals surface area contributed by atoms with E-state index in [0.717, 1.165) is 6.42 Å². The van der Waals surface area contributed by atoms with Gasteiger partial charge in [0, 0.05) is 69.0 Å². The van der Waals surface area contributed by atoms with E-state index in [1.807, 2.05) is 13.8 Å². The minimum absolute atomic E-state index is 0.0166. The Balaban J connectivity index is 4.75. The Morgan fingerprint density at radius 3 is 1.35 bits per heavy atom. The van der Waals surface area contributed by atoms with E-state index in [1.165, 1.54) is 0 Å². The Hall–Kier alpha value is -1.66. The zero-order valence-electron chi connectivity index (χ0n) is 24.5. The van der Waals surface area contributed by atoms with Crippen molar-refractivity contribution in [3.8, 4) is 0 Å². The van der Waals surface area contributed by atoms with Gasteiger partial charge in [-0.2, -0.15) is 0 Å². The van der Waals surface area contributed by atoms with Gasteiger partial charge in [-0.3, -0.25) is 19.2 Å². The van der Waals surface area contributed by atoms with Crippen LogP contribution in [0, 0.1) is 17.8 Å². The summed E-state index contributed by atoms with van der Waals surface area (Å²) >= 11 is 11.4. The number of ether oxygens (including phenoxy) is 3. The van der Waals surface area contributed by atoms with E-state index in [4.69, 9.17) is 37.4 Å². The fraction of sp³-hybridized carbons (Fsp3) is 0.852. The second kappa shape index (κ2) is 24.0. The van der Waals surface area contributed by atoms with E-state index in [0.29, 0.717) is 65.1 Å². The van der Waals surface area contributed by atoms with E-state index in [2.05, 4.69) is 21.3 Å². The van der Waals surface area contributed by atoms with Gasteiger partial charge in [0.1, 0.15) is 5.54 Å². The molecule has 234 valence electrons. The third-order valence-corrected chi connectivity index (χ3v) is 7.14. The van der Waals surface area contributed by atoms with Crippen molar-refractivity contribution in [3.05, 3.63) is 0 Å². The van der Waals surface area contributed by atoms with E-state index in [-0.39, 0.29) is 67.1 Å². The molecule has 0 aliphatic carbocycles. The van der Waals surface area contributed by atoms with E-state index < -0.39 is 5.54 Å². The average Bonchev–Trinajstić information content (AvgIpc) is 2.96. The van der Waals surface area contributed by atoms with Gasteiger partial charge in [0.05, 0.1) is 19.8 Å². The highest BCUT2D eigenvalue weighted by Gasteiger charge is 2.31. The topological polar surface area (TPSA) is 144 Å². The summed E-state index contributed by atoms with van der Waals surface area (Å²) in [7, 11) is 0. The van der Waals surface area contributed by atoms with Gasteiger partial charge in [-0.1, -0.05) is 27.7 Å². The average molecular weight is 614 g/mol. The van der Waals surface area contributed by atoms with Crippen molar-refractivity contribution in [2.24, 2.45) is 17.8 Å². The zero-order valence-corrected chi connectivity index (χ0v) is 26.0. The largest absolute Gasteiger partial charge is 0.379 e. The van der Waals surface area contributed by atoms with E-state index in [9.17, 15) is 19.2 Å². The van der Waals surface area contributed by atoms with Gasteiger partial charge >= 0.3 is 0 Å². The summed E-state index contributed by atoms with van der Waals surface area (Å²) in [5.74, 6) is -0.249. The highest BCUT2D eigenvalue weighted by atomic mass is 35.5. The predicted octanol–water partition coefficient (Wildman–Crippen LogP) is 1.84. The smallest absolute Gasteiger partial charge is 0.224 e. The first-order chi connectivity index (χ1) is 19.2. The van der Waals surface area contributed by atoms with Gasteiger partial charge < -0.3 is 35.5 Å². The predicted molar refractivity (Wildman–Crippen MR) is 156 cm³/mol. The molecule has 40 heavy (non-hydrogen) atoms. The van der Waals surface area contributed by atoms with Crippen LogP contribution in [0.4, 0.5) is 0 Å². The van der Waals surface area contributed by atoms with Gasteiger partial charge in [-0.05, 0) is 25.7 Å². The summed E-state index contributed by atoms with van der Waals surface area (Å²) in [5, 5.41) is 11.3. The van der Waals surface area contributed by atoms with Crippen LogP contribution >= 0.6 is 23.2 Å². The molecule has 0 fully saturated rings. The minimum Gasteiger partial charge on any atom is -0.379 e. The SMILES string of the molecule is CCC(C)C(=O)NCCCOCC(COCCCNC(=O)C(C)CCl)(COCCCNC(=O)C(C)CCl)NC=O. The van der Waals surface area contributed by atoms with Crippen molar-refractivity contribution in [3.63, 3.8) is 0 Å². The number of halogens is 2. The third-order valence-electron chi connectivity index (χ3n) is 6.21. The number of nitrogens with one attached hydrogen (secondary N) is 4. The number of amides is 4. The van der Waals surface area contributed by atoms with Crippen molar-refractivity contribution in [2.45, 2.75) is 58.9 Å². The monoisotopic (exact) mass is 612 g/mol. The maximum Gasteiger partial charge on any atom is 0.224 e. The molecule has 0 aliphatic heterocycles. The van der Waals surface area contributed by atoms with Gasteiger partial charge in [-0.25, -0.2) is 0 Å². The lowest BCUT2D eigenvalue weighted by Crippen LogP contribution is -2.56. The van der Waals surface area contributed by atoms with Crippen molar-refractivity contribution in [2.75, 3.05) is 71.0 Å². The lowest BCUT2D eigenvalue weighted by molar-refractivity contribution is -0.125. The summed E-state index contributed by atoms with van der Waals surface area (Å²) in [6.07, 6.45) is 3.14. The van der Waals surface area contributed by atoms with Crippen molar-refractivity contribution >= 4 is 47.3 Å². The summed E-state index contributed by atoms with van der Waals surface area (Å²) in [6, 6.07) is 0. The van der Waals surface area contributed by atoms with Crippen LogP contribution in [0.5, 0.6) is 0 Å². The van der Waals surface area contributed by atoms with Crippen LogP contribution < -0.4 is 21.3 Å². The fourth-order valence-electron chi connectivity index (χ4n) is 3.18. The van der Waals surface area contributed by atoms with Gasteiger partial charge in [0.2, 0.25) is 24.1 Å². The molecule has 0 aromatic rings. The molecular weight excluding hydrogens is 563 g/mol. The molecule has 0 heterocycles. The third kappa shape index (κ3) is 17.9. The lowest BCUT2D eigenvalue weighted by Gasteiger charge is -2.32. The molecule has 0 saturated carbocycles. The first kappa shape index (κ1) is 38.3. The molecule has 11 nitrogen and oxygen atoms in total. The second-order valence-electron chi connectivity index (χ2n) is 10.1. The molecular formula is C27H50Cl2N4O7. The molecule has 0 aromatic heterocycles. The molecule has 0 saturated heterocycles. The van der Waals surface area contributed by atoms with Crippen molar-refractivity contribution < 1.29 is 33.4 Å². The van der Waals surface area contributed by atoms with Gasteiger partial charge in [0.15, 0.2) is 0 Å². The molecule has 0 radical (unpaired) electrons. The number of hydrogen-bond acceptors (Lipinski definition) is 7. The highest BCUT2D eigenvalue weighted by molar-refractivity contribution is 6.19. The van der Waals surface area contributed by atoms with E-state index in [1.54, 1.807) is 13.8 Å². The van der Waals surface area contributed by atoms with Crippen molar-refractivity contribution in [1.82, 2.24) is 21.3 Å².